The summed E-state index contributed by atoms with van der Waals surface area (Å²) in [6, 6.07) is 4.54. The van der Waals surface area contributed by atoms with Gasteiger partial charge >= 0.3 is 0 Å². The molecule has 0 radical (unpaired) electrons. The monoisotopic (exact) mass is 340 g/mol. The van der Waals surface area contributed by atoms with Crippen LogP contribution in [0.15, 0.2) is 29.2 Å². The Morgan fingerprint density at radius 2 is 1.87 bits per heavy atom. The van der Waals surface area contributed by atoms with Crippen molar-refractivity contribution in [2.75, 3.05) is 6.61 Å². The average Bonchev–Trinajstić information content (AvgIpc) is 3.31. The zero-order valence-corrected chi connectivity index (χ0v) is 13.9. The number of carbonyl (C=O) groups excluding carboxylic acids is 2. The van der Waals surface area contributed by atoms with Gasteiger partial charge in [0.25, 0.3) is 5.91 Å². The van der Waals surface area contributed by atoms with E-state index in [4.69, 9.17) is 4.84 Å². The van der Waals surface area contributed by atoms with Crippen LogP contribution in [0.5, 0.6) is 0 Å². The van der Waals surface area contributed by atoms with Crippen LogP contribution in [-0.2, 0) is 19.7 Å². The third-order valence-corrected chi connectivity index (χ3v) is 5.04. The van der Waals surface area contributed by atoms with Crippen LogP contribution in [0.25, 0.3) is 0 Å². The number of Topliss-reactive ketones (excluding diaryl/α,β-unsaturated/α-hetero) is 1. The zero-order chi connectivity index (χ0) is 17.0. The van der Waals surface area contributed by atoms with Crippen molar-refractivity contribution >= 4 is 21.7 Å². The highest BCUT2D eigenvalue weighted by atomic mass is 32.2. The van der Waals surface area contributed by atoms with Crippen molar-refractivity contribution in [1.82, 2.24) is 10.2 Å². The third kappa shape index (κ3) is 5.12. The van der Waals surface area contributed by atoms with Crippen LogP contribution in [0.2, 0.25) is 0 Å². The largest absolute Gasteiger partial charge is 0.295 e. The summed E-state index contributed by atoms with van der Waals surface area (Å²) in [5.41, 5.74) is 2.66. The SMILES string of the molecule is CC(=O)c1ccc(S(=O)(=O)NC(C)C(=O)NOCC2CC2)cc1. The topological polar surface area (TPSA) is 102 Å². The van der Waals surface area contributed by atoms with Crippen LogP contribution in [0.4, 0.5) is 0 Å². The summed E-state index contributed by atoms with van der Waals surface area (Å²) in [5.74, 6) is -0.223. The molecule has 2 rings (SSSR count). The van der Waals surface area contributed by atoms with Crippen molar-refractivity contribution in [2.45, 2.75) is 37.6 Å². The lowest BCUT2D eigenvalue weighted by molar-refractivity contribution is -0.135. The fourth-order valence-electron chi connectivity index (χ4n) is 1.83. The van der Waals surface area contributed by atoms with Crippen molar-refractivity contribution in [3.63, 3.8) is 0 Å². The minimum Gasteiger partial charge on any atom is -0.295 e. The molecule has 1 saturated carbocycles. The smallest absolute Gasteiger partial charge is 0.261 e. The van der Waals surface area contributed by atoms with E-state index in [-0.39, 0.29) is 10.7 Å². The number of carbonyl (C=O) groups is 2. The van der Waals surface area contributed by atoms with Crippen LogP contribution >= 0.6 is 0 Å². The van der Waals surface area contributed by atoms with Gasteiger partial charge in [-0.3, -0.25) is 14.4 Å². The van der Waals surface area contributed by atoms with Gasteiger partial charge in [0.2, 0.25) is 10.0 Å². The van der Waals surface area contributed by atoms with Crippen LogP contribution in [0.3, 0.4) is 0 Å². The number of amides is 1. The maximum Gasteiger partial charge on any atom is 0.261 e. The van der Waals surface area contributed by atoms with E-state index in [0.717, 1.165) is 12.8 Å². The van der Waals surface area contributed by atoms with Crippen LogP contribution < -0.4 is 10.2 Å². The second kappa shape index (κ2) is 7.20. The second-order valence-corrected chi connectivity index (χ2v) is 7.36. The summed E-state index contributed by atoms with van der Waals surface area (Å²) in [4.78, 5) is 28.0. The lowest BCUT2D eigenvalue weighted by atomic mass is 10.2. The molecule has 1 aliphatic rings. The predicted octanol–water partition coefficient (Wildman–Crippen LogP) is 1.01. The molecule has 1 amide bonds. The number of hydrogen-bond acceptors (Lipinski definition) is 5. The molecule has 1 aromatic rings. The summed E-state index contributed by atoms with van der Waals surface area (Å²) in [6.07, 6.45) is 2.18. The maximum atomic E-state index is 12.2. The van der Waals surface area contributed by atoms with Crippen molar-refractivity contribution in [3.8, 4) is 0 Å². The summed E-state index contributed by atoms with van der Waals surface area (Å²) in [7, 11) is -3.85. The van der Waals surface area contributed by atoms with Gasteiger partial charge in [-0.1, -0.05) is 12.1 Å². The molecule has 0 aliphatic heterocycles. The molecule has 126 valence electrons. The Morgan fingerprint density at radius 1 is 1.26 bits per heavy atom. The Balaban J connectivity index is 1.92. The summed E-state index contributed by atoms with van der Waals surface area (Å²) < 4.78 is 26.7. The Kier molecular flexibility index (Phi) is 5.51. The first-order chi connectivity index (χ1) is 10.8. The minimum absolute atomic E-state index is 0.0129. The number of sulfonamides is 1. The van der Waals surface area contributed by atoms with E-state index in [2.05, 4.69) is 10.2 Å². The Hall–Kier alpha value is -1.77. The molecule has 2 N–H and O–H groups in total. The molecule has 8 heteroatoms. The number of benzene rings is 1. The molecule has 0 heterocycles. The van der Waals surface area contributed by atoms with Gasteiger partial charge in [-0.15, -0.1) is 0 Å². The molecule has 23 heavy (non-hydrogen) atoms. The first-order valence-electron chi connectivity index (χ1n) is 7.34. The lowest BCUT2D eigenvalue weighted by Gasteiger charge is -2.14. The number of ketones is 1. The third-order valence-electron chi connectivity index (χ3n) is 3.49. The van der Waals surface area contributed by atoms with Gasteiger partial charge in [0.05, 0.1) is 11.5 Å². The molecule has 0 saturated heterocycles. The van der Waals surface area contributed by atoms with Gasteiger partial charge in [-0.25, -0.2) is 13.9 Å². The molecule has 0 spiro atoms. The summed E-state index contributed by atoms with van der Waals surface area (Å²) in [6.45, 7) is 3.27. The Morgan fingerprint density at radius 3 is 2.39 bits per heavy atom. The highest BCUT2D eigenvalue weighted by Crippen LogP contribution is 2.28. The average molecular weight is 340 g/mol. The van der Waals surface area contributed by atoms with Crippen LogP contribution in [0.1, 0.15) is 37.0 Å². The molecule has 7 nitrogen and oxygen atoms in total. The summed E-state index contributed by atoms with van der Waals surface area (Å²) >= 11 is 0. The van der Waals surface area contributed by atoms with Gasteiger partial charge in [0, 0.05) is 5.56 Å². The molecule has 1 unspecified atom stereocenters. The van der Waals surface area contributed by atoms with E-state index in [0.29, 0.717) is 18.1 Å². The van der Waals surface area contributed by atoms with Gasteiger partial charge < -0.3 is 0 Å². The van der Waals surface area contributed by atoms with Crippen LogP contribution in [-0.4, -0.2) is 32.8 Å². The highest BCUT2D eigenvalue weighted by Gasteiger charge is 2.24. The van der Waals surface area contributed by atoms with Gasteiger partial charge in [0.1, 0.15) is 6.04 Å². The number of hydrogen-bond donors (Lipinski definition) is 2. The molecule has 1 aliphatic carbocycles. The molecular formula is C15H20N2O5S. The van der Waals surface area contributed by atoms with Gasteiger partial charge in [-0.2, -0.15) is 4.72 Å². The number of nitrogens with one attached hydrogen (secondary N) is 2. The van der Waals surface area contributed by atoms with Crippen molar-refractivity contribution in [2.24, 2.45) is 5.92 Å². The molecular weight excluding hydrogens is 320 g/mol. The standard InChI is InChI=1S/C15H20N2O5S/c1-10(15(19)16-22-9-12-3-4-12)17-23(20,21)14-7-5-13(6-8-14)11(2)18/h5-8,10,12,17H,3-4,9H2,1-2H3,(H,16,19). The van der Waals surface area contributed by atoms with E-state index in [9.17, 15) is 18.0 Å². The fraction of sp³-hybridized carbons (Fsp3) is 0.467. The normalized spacial score (nSPS) is 15.9. The van der Waals surface area contributed by atoms with E-state index >= 15 is 0 Å². The van der Waals surface area contributed by atoms with Gasteiger partial charge in [-0.05, 0) is 44.7 Å². The van der Waals surface area contributed by atoms with E-state index in [1.165, 1.54) is 38.1 Å². The second-order valence-electron chi connectivity index (χ2n) is 5.64. The fourth-order valence-corrected chi connectivity index (χ4v) is 3.03. The van der Waals surface area contributed by atoms with E-state index in [1.807, 2.05) is 0 Å². The molecule has 0 aromatic heterocycles. The Bertz CT molecular complexity index is 680. The highest BCUT2D eigenvalue weighted by molar-refractivity contribution is 7.89. The van der Waals surface area contributed by atoms with Crippen molar-refractivity contribution in [3.05, 3.63) is 29.8 Å². The molecule has 1 fully saturated rings. The predicted molar refractivity (Wildman–Crippen MR) is 83.0 cm³/mol. The lowest BCUT2D eigenvalue weighted by Crippen LogP contribution is -2.44. The van der Waals surface area contributed by atoms with E-state index < -0.39 is 22.0 Å². The Labute approximate surface area is 135 Å². The maximum absolute atomic E-state index is 12.2. The molecule has 1 aromatic carbocycles. The van der Waals surface area contributed by atoms with Crippen LogP contribution in [0, 0.1) is 5.92 Å². The number of hydroxylamine groups is 1. The minimum atomic E-state index is -3.85. The zero-order valence-electron chi connectivity index (χ0n) is 13.0. The molecule has 1 atom stereocenters. The van der Waals surface area contributed by atoms with Crippen molar-refractivity contribution < 1.29 is 22.8 Å². The molecule has 0 bridgehead atoms. The first kappa shape index (κ1) is 17.6. The summed E-state index contributed by atoms with van der Waals surface area (Å²) in [5, 5.41) is 0. The quantitative estimate of drug-likeness (QED) is 0.543. The van der Waals surface area contributed by atoms with E-state index in [1.54, 1.807) is 0 Å². The number of rotatable bonds is 8. The van der Waals surface area contributed by atoms with Gasteiger partial charge in [0.15, 0.2) is 5.78 Å². The first-order valence-corrected chi connectivity index (χ1v) is 8.83. The van der Waals surface area contributed by atoms with Crippen molar-refractivity contribution in [1.29, 1.82) is 0 Å².